The van der Waals surface area contributed by atoms with E-state index in [9.17, 15) is 4.79 Å². The van der Waals surface area contributed by atoms with Crippen molar-refractivity contribution in [3.63, 3.8) is 0 Å². The van der Waals surface area contributed by atoms with Gasteiger partial charge in [0, 0.05) is 18.7 Å². The highest BCUT2D eigenvalue weighted by Gasteiger charge is 2.56. The SMILES string of the molecule is COc1ccc(-c2ccc(C#N)cc2)n2nc(C3(C(=O)N4CCOCC4)CC3)nc12. The van der Waals surface area contributed by atoms with Gasteiger partial charge >= 0.3 is 0 Å². The molecule has 1 aliphatic heterocycles. The van der Waals surface area contributed by atoms with Gasteiger partial charge in [0.05, 0.1) is 37.7 Å². The van der Waals surface area contributed by atoms with Crippen LogP contribution in [0.25, 0.3) is 16.9 Å². The van der Waals surface area contributed by atoms with Crippen molar-refractivity contribution in [2.45, 2.75) is 18.3 Å². The number of nitriles is 1. The van der Waals surface area contributed by atoms with Crippen LogP contribution in [0.2, 0.25) is 0 Å². The Morgan fingerprint density at radius 2 is 1.90 bits per heavy atom. The van der Waals surface area contributed by atoms with E-state index in [-0.39, 0.29) is 5.91 Å². The Hall–Kier alpha value is -3.44. The zero-order valence-corrected chi connectivity index (χ0v) is 16.7. The number of benzene rings is 1. The third kappa shape index (κ3) is 2.90. The van der Waals surface area contributed by atoms with Gasteiger partial charge in [-0.05, 0) is 37.1 Å². The van der Waals surface area contributed by atoms with E-state index < -0.39 is 5.41 Å². The second kappa shape index (κ2) is 7.11. The van der Waals surface area contributed by atoms with Crippen molar-refractivity contribution in [2.24, 2.45) is 0 Å². The van der Waals surface area contributed by atoms with Crippen LogP contribution in [-0.2, 0) is 14.9 Å². The molecule has 152 valence electrons. The van der Waals surface area contributed by atoms with Crippen LogP contribution >= 0.6 is 0 Å². The number of hydrogen-bond acceptors (Lipinski definition) is 6. The summed E-state index contributed by atoms with van der Waals surface area (Å²) in [6.45, 7) is 2.34. The predicted molar refractivity (Wildman–Crippen MR) is 108 cm³/mol. The molecule has 1 aromatic carbocycles. The van der Waals surface area contributed by atoms with Crippen LogP contribution in [0, 0.1) is 11.3 Å². The van der Waals surface area contributed by atoms with Gasteiger partial charge in [0.2, 0.25) is 5.91 Å². The Balaban J connectivity index is 1.59. The maximum Gasteiger partial charge on any atom is 0.236 e. The molecule has 3 aromatic rings. The van der Waals surface area contributed by atoms with Crippen LogP contribution in [0.4, 0.5) is 0 Å². The summed E-state index contributed by atoms with van der Waals surface area (Å²) in [5.74, 6) is 1.22. The van der Waals surface area contributed by atoms with E-state index in [4.69, 9.17) is 24.8 Å². The first-order chi connectivity index (χ1) is 14.7. The normalized spacial score (nSPS) is 17.5. The number of nitrogens with zero attached hydrogens (tertiary/aromatic N) is 5. The molecule has 1 amide bonds. The van der Waals surface area contributed by atoms with Gasteiger partial charge in [0.15, 0.2) is 17.2 Å². The lowest BCUT2D eigenvalue weighted by Crippen LogP contribution is -2.46. The van der Waals surface area contributed by atoms with E-state index in [2.05, 4.69) is 6.07 Å². The first-order valence-electron chi connectivity index (χ1n) is 9.98. The first kappa shape index (κ1) is 18.6. The van der Waals surface area contributed by atoms with Crippen molar-refractivity contribution >= 4 is 11.6 Å². The maximum absolute atomic E-state index is 13.3. The molecule has 2 aromatic heterocycles. The maximum atomic E-state index is 13.3. The average Bonchev–Trinajstić information content (AvgIpc) is 3.50. The molecule has 0 bridgehead atoms. The van der Waals surface area contributed by atoms with E-state index in [0.717, 1.165) is 24.1 Å². The minimum absolute atomic E-state index is 0.0839. The molecule has 0 unspecified atom stereocenters. The van der Waals surface area contributed by atoms with Gasteiger partial charge in [0.1, 0.15) is 5.41 Å². The van der Waals surface area contributed by atoms with E-state index in [1.54, 1.807) is 23.8 Å². The molecular formula is C22H21N5O3. The fourth-order valence-electron chi connectivity index (χ4n) is 3.96. The summed E-state index contributed by atoms with van der Waals surface area (Å²) >= 11 is 0. The molecule has 0 spiro atoms. The molecule has 0 radical (unpaired) electrons. The highest BCUT2D eigenvalue weighted by molar-refractivity contribution is 5.90. The van der Waals surface area contributed by atoms with Crippen LogP contribution in [0.5, 0.6) is 5.75 Å². The summed E-state index contributed by atoms with van der Waals surface area (Å²) in [6, 6.07) is 13.2. The smallest absolute Gasteiger partial charge is 0.236 e. The number of hydrogen-bond donors (Lipinski definition) is 0. The second-order valence-corrected chi connectivity index (χ2v) is 7.63. The number of fused-ring (bicyclic) bond motifs is 1. The lowest BCUT2D eigenvalue weighted by atomic mass is 10.0. The molecule has 0 atom stereocenters. The average molecular weight is 403 g/mol. The van der Waals surface area contributed by atoms with Crippen LogP contribution in [0.1, 0.15) is 24.2 Å². The lowest BCUT2D eigenvalue weighted by Gasteiger charge is -2.29. The fourth-order valence-corrected chi connectivity index (χ4v) is 3.96. The quantitative estimate of drug-likeness (QED) is 0.663. The number of aromatic nitrogens is 3. The summed E-state index contributed by atoms with van der Waals surface area (Å²) < 4.78 is 12.6. The molecule has 1 saturated heterocycles. The summed E-state index contributed by atoms with van der Waals surface area (Å²) in [4.78, 5) is 19.9. The third-order valence-corrected chi connectivity index (χ3v) is 5.86. The standard InChI is InChI=1S/C22H21N5O3/c1-29-18-7-6-17(16-4-2-15(14-23)3-5-16)27-19(18)24-20(25-27)22(8-9-22)21(28)26-10-12-30-13-11-26/h2-7H,8-13H2,1H3. The van der Waals surface area contributed by atoms with E-state index in [1.807, 2.05) is 29.2 Å². The molecule has 1 aliphatic carbocycles. The summed E-state index contributed by atoms with van der Waals surface area (Å²) in [5.41, 5.74) is 2.24. The van der Waals surface area contributed by atoms with Gasteiger partial charge < -0.3 is 14.4 Å². The van der Waals surface area contributed by atoms with Crippen LogP contribution in [0.15, 0.2) is 36.4 Å². The largest absolute Gasteiger partial charge is 0.493 e. The molecule has 0 N–H and O–H groups in total. The Morgan fingerprint density at radius 1 is 1.17 bits per heavy atom. The van der Waals surface area contributed by atoms with Crippen molar-refractivity contribution in [2.75, 3.05) is 33.4 Å². The Kier molecular flexibility index (Phi) is 4.40. The van der Waals surface area contributed by atoms with Crippen molar-refractivity contribution in [3.8, 4) is 23.1 Å². The number of methoxy groups -OCH3 is 1. The van der Waals surface area contributed by atoms with E-state index >= 15 is 0 Å². The molecule has 30 heavy (non-hydrogen) atoms. The number of carbonyl (C=O) groups is 1. The summed E-state index contributed by atoms with van der Waals surface area (Å²) in [7, 11) is 1.59. The van der Waals surface area contributed by atoms with E-state index in [0.29, 0.717) is 49.1 Å². The van der Waals surface area contributed by atoms with Crippen molar-refractivity contribution in [1.82, 2.24) is 19.5 Å². The summed E-state index contributed by atoms with van der Waals surface area (Å²) in [6.07, 6.45) is 1.49. The molecule has 3 heterocycles. The number of morpholine rings is 1. The zero-order chi connectivity index (χ0) is 20.7. The number of carbonyl (C=O) groups excluding carboxylic acids is 1. The summed E-state index contributed by atoms with van der Waals surface area (Å²) in [5, 5.41) is 13.8. The highest BCUT2D eigenvalue weighted by Crippen LogP contribution is 2.49. The number of rotatable bonds is 4. The van der Waals surface area contributed by atoms with E-state index in [1.165, 1.54) is 0 Å². The van der Waals surface area contributed by atoms with Gasteiger partial charge in [-0.1, -0.05) is 12.1 Å². The topological polar surface area (TPSA) is 92.7 Å². The van der Waals surface area contributed by atoms with Gasteiger partial charge in [-0.25, -0.2) is 9.50 Å². The van der Waals surface area contributed by atoms with Gasteiger partial charge in [-0.3, -0.25) is 4.79 Å². The Bertz CT molecular complexity index is 1150. The molecule has 8 heteroatoms. The predicted octanol–water partition coefficient (Wildman–Crippen LogP) is 2.17. The van der Waals surface area contributed by atoms with Gasteiger partial charge in [-0.2, -0.15) is 5.26 Å². The highest BCUT2D eigenvalue weighted by atomic mass is 16.5. The number of pyridine rings is 1. The van der Waals surface area contributed by atoms with Crippen molar-refractivity contribution in [3.05, 3.63) is 47.8 Å². The monoisotopic (exact) mass is 403 g/mol. The molecule has 5 rings (SSSR count). The van der Waals surface area contributed by atoms with Gasteiger partial charge in [0.25, 0.3) is 0 Å². The third-order valence-electron chi connectivity index (χ3n) is 5.86. The Morgan fingerprint density at radius 3 is 2.53 bits per heavy atom. The molecule has 8 nitrogen and oxygen atoms in total. The molecular weight excluding hydrogens is 382 g/mol. The Labute approximate surface area is 173 Å². The minimum Gasteiger partial charge on any atom is -0.493 e. The fraction of sp³-hybridized carbons (Fsp3) is 0.364. The molecule has 1 saturated carbocycles. The number of amides is 1. The minimum atomic E-state index is -0.656. The number of ether oxygens (including phenoxy) is 2. The zero-order valence-electron chi connectivity index (χ0n) is 16.7. The molecule has 2 fully saturated rings. The lowest BCUT2D eigenvalue weighted by molar-refractivity contribution is -0.138. The second-order valence-electron chi connectivity index (χ2n) is 7.63. The van der Waals surface area contributed by atoms with Crippen LogP contribution in [0.3, 0.4) is 0 Å². The molecule has 2 aliphatic rings. The van der Waals surface area contributed by atoms with Crippen LogP contribution < -0.4 is 4.74 Å². The van der Waals surface area contributed by atoms with Crippen molar-refractivity contribution in [1.29, 1.82) is 5.26 Å². The van der Waals surface area contributed by atoms with Crippen molar-refractivity contribution < 1.29 is 14.3 Å². The van der Waals surface area contributed by atoms with Crippen LogP contribution in [-0.4, -0.2) is 58.8 Å². The van der Waals surface area contributed by atoms with Gasteiger partial charge in [-0.15, -0.1) is 5.10 Å². The first-order valence-corrected chi connectivity index (χ1v) is 9.98.